The topological polar surface area (TPSA) is 157 Å². The molecule has 5 atom stereocenters. The number of allylic oxidation sites excluding steroid dienone is 2. The molecule has 1 saturated heterocycles. The number of amides is 2. The van der Waals surface area contributed by atoms with Gasteiger partial charge < -0.3 is 19.1 Å². The van der Waals surface area contributed by atoms with Crippen molar-refractivity contribution in [3.63, 3.8) is 0 Å². The van der Waals surface area contributed by atoms with Gasteiger partial charge in [-0.1, -0.05) is 51.0 Å². The minimum absolute atomic E-state index is 0.0104. The van der Waals surface area contributed by atoms with Gasteiger partial charge in [0, 0.05) is 55.3 Å². The van der Waals surface area contributed by atoms with Gasteiger partial charge in [0.25, 0.3) is 0 Å². The number of rotatable bonds is 11. The van der Waals surface area contributed by atoms with E-state index in [1.54, 1.807) is 19.2 Å². The van der Waals surface area contributed by atoms with Crippen molar-refractivity contribution in [1.82, 2.24) is 23.9 Å². The van der Waals surface area contributed by atoms with E-state index < -0.39 is 63.4 Å². The number of ketones is 1. The third-order valence-electron chi connectivity index (χ3n) is 12.4. The summed E-state index contributed by atoms with van der Waals surface area (Å²) in [6.07, 6.45) is 1.47. The van der Waals surface area contributed by atoms with E-state index in [0.717, 1.165) is 28.4 Å². The normalized spacial score (nSPS) is 23.9. The smallest absolute Gasteiger partial charge is 0.496 e. The molecule has 0 bridgehead atoms. The molecular formula is C46H54F3N5O8S2. The van der Waals surface area contributed by atoms with Crippen molar-refractivity contribution in [2.24, 2.45) is 17.3 Å². The van der Waals surface area contributed by atoms with Crippen LogP contribution in [0.3, 0.4) is 0 Å². The highest BCUT2D eigenvalue weighted by atomic mass is 32.2. The summed E-state index contributed by atoms with van der Waals surface area (Å²) < 4.78 is 85.1. The second kappa shape index (κ2) is 18.8. The van der Waals surface area contributed by atoms with Gasteiger partial charge in [0.05, 0.1) is 36.3 Å². The van der Waals surface area contributed by atoms with Gasteiger partial charge in [-0.2, -0.15) is 12.7 Å². The summed E-state index contributed by atoms with van der Waals surface area (Å²) in [5.74, 6) is -1.85. The Kier molecular flexibility index (Phi) is 13.8. The van der Waals surface area contributed by atoms with Crippen molar-refractivity contribution >= 4 is 50.0 Å². The van der Waals surface area contributed by atoms with Crippen LogP contribution in [0.4, 0.5) is 13.2 Å². The minimum Gasteiger partial charge on any atom is -0.496 e. The molecule has 1 aliphatic carbocycles. The first-order valence-corrected chi connectivity index (χ1v) is 23.8. The van der Waals surface area contributed by atoms with E-state index in [1.807, 2.05) is 36.6 Å². The van der Waals surface area contributed by atoms with Gasteiger partial charge in [-0.3, -0.25) is 14.4 Å². The lowest BCUT2D eigenvalue weighted by atomic mass is 9.90. The first-order chi connectivity index (χ1) is 30.3. The molecule has 0 spiro atoms. The molecule has 2 aromatic carbocycles. The number of nitrogens with one attached hydrogen (secondary N) is 1. The van der Waals surface area contributed by atoms with Crippen LogP contribution in [0.15, 0.2) is 60.0 Å². The van der Waals surface area contributed by atoms with Gasteiger partial charge in [-0.15, -0.1) is 24.5 Å². The number of carbonyl (C=O) groups is 3. The molecule has 0 unspecified atom stereocenters. The predicted molar refractivity (Wildman–Crippen MR) is 236 cm³/mol. The molecule has 2 aliphatic heterocycles. The van der Waals surface area contributed by atoms with Crippen molar-refractivity contribution in [3.05, 3.63) is 76.8 Å². The number of aromatic nitrogens is 2. The predicted octanol–water partition coefficient (Wildman–Crippen LogP) is 8.31. The van der Waals surface area contributed by atoms with Gasteiger partial charge in [0.15, 0.2) is 5.78 Å². The Balaban J connectivity index is 1.27. The summed E-state index contributed by atoms with van der Waals surface area (Å²) in [7, 11) is -0.0196. The number of halogens is 3. The lowest BCUT2D eigenvalue weighted by molar-refractivity contribution is -0.274. The Morgan fingerprint density at radius 1 is 1.08 bits per heavy atom. The molecule has 1 saturated carbocycles. The maximum absolute atomic E-state index is 15.0. The Bertz CT molecular complexity index is 2550. The van der Waals surface area contributed by atoms with E-state index in [2.05, 4.69) is 23.3 Å². The van der Waals surface area contributed by atoms with Gasteiger partial charge in [-0.05, 0) is 80.7 Å². The molecular weight excluding hydrogens is 872 g/mol. The second-order valence-corrected chi connectivity index (χ2v) is 20.2. The number of carbonyl (C=O) groups excluding carboxylic acids is 3. The zero-order valence-corrected chi connectivity index (χ0v) is 38.4. The number of thiazole rings is 1. The first kappa shape index (κ1) is 46.9. The summed E-state index contributed by atoms with van der Waals surface area (Å²) in [6, 6.07) is 9.96. The Morgan fingerprint density at radius 2 is 1.86 bits per heavy atom. The number of fused-ring (bicyclic) bond motifs is 3. The lowest BCUT2D eigenvalue weighted by Crippen LogP contribution is -2.47. The van der Waals surface area contributed by atoms with Gasteiger partial charge in [0.1, 0.15) is 34.1 Å². The van der Waals surface area contributed by atoms with E-state index in [1.165, 1.54) is 48.5 Å². The van der Waals surface area contributed by atoms with Crippen LogP contribution in [-0.4, -0.2) is 91.4 Å². The number of alkyl halides is 3. The zero-order valence-electron chi connectivity index (χ0n) is 36.7. The molecule has 3 aliphatic rings. The molecule has 13 nitrogen and oxygen atoms in total. The van der Waals surface area contributed by atoms with Gasteiger partial charge in [0.2, 0.25) is 11.8 Å². The monoisotopic (exact) mass is 925 g/mol. The summed E-state index contributed by atoms with van der Waals surface area (Å²) in [6.45, 7) is 6.00. The van der Waals surface area contributed by atoms with Crippen LogP contribution in [0.25, 0.3) is 21.6 Å². The SMILES string of the molecule is COc1ccc2c(O[C@@H]3C[C@H]4C(=O)C[C@]5(C(=O)NS(=O)(=O)N(C)C)C[C@H]5/C=C\CCCCC[C@H](Cc5cccc(OC(F)(F)F)c5)C(=O)N4C3)cc(-c3nc(C(C)C)cs3)nc2c1C. The third kappa shape index (κ3) is 10.4. The molecule has 7 rings (SSSR count). The summed E-state index contributed by atoms with van der Waals surface area (Å²) >= 11 is 1.46. The molecule has 4 heterocycles. The molecule has 344 valence electrons. The van der Waals surface area contributed by atoms with Crippen molar-refractivity contribution in [2.45, 2.75) is 103 Å². The number of Topliss-reactive ketones (excluding diaryl/α,β-unsaturated/α-hetero) is 1. The van der Waals surface area contributed by atoms with Crippen LogP contribution in [0.5, 0.6) is 17.2 Å². The number of hydrogen-bond donors (Lipinski definition) is 1. The van der Waals surface area contributed by atoms with E-state index >= 15 is 4.79 Å². The van der Waals surface area contributed by atoms with Crippen LogP contribution in [0.2, 0.25) is 0 Å². The fraction of sp³-hybridized carbons (Fsp3) is 0.500. The quantitative estimate of drug-likeness (QED) is 0.145. The van der Waals surface area contributed by atoms with Crippen LogP contribution >= 0.6 is 11.3 Å². The van der Waals surface area contributed by atoms with Crippen molar-refractivity contribution < 1.29 is 50.2 Å². The standard InChI is InChI=1S/C46H54F3N5O8S2/c1-27(2)36-26-63-42(51-36)35-22-40(34-17-18-39(60-6)28(3)41(34)50-35)61-33-21-37-38(55)24-45(44(57)52-64(58,59)53(4)5)23-31(45)15-11-9-7-8-10-14-30(43(56)54(37)25-33)19-29-13-12-16-32(20-29)62-46(47,48)49/h11-13,15-18,20,22,26-27,30-31,33,37H,7-10,14,19,21,23-25H2,1-6H3,(H,52,57)/b15-11-/t30-,31-,33-,37+,45-/m1/s1. The number of nitrogens with zero attached hydrogens (tertiary/aromatic N) is 4. The summed E-state index contributed by atoms with van der Waals surface area (Å²) in [5.41, 5.74) is 1.98. The molecule has 0 radical (unpaired) electrons. The zero-order chi connectivity index (χ0) is 46.1. The fourth-order valence-corrected chi connectivity index (χ4v) is 10.3. The maximum Gasteiger partial charge on any atom is 0.573 e. The lowest BCUT2D eigenvalue weighted by Gasteiger charge is -2.29. The first-order valence-electron chi connectivity index (χ1n) is 21.5. The van der Waals surface area contributed by atoms with Crippen LogP contribution in [0, 0.1) is 24.2 Å². The molecule has 2 amide bonds. The highest BCUT2D eigenvalue weighted by Crippen LogP contribution is 2.57. The summed E-state index contributed by atoms with van der Waals surface area (Å²) in [4.78, 5) is 55.1. The largest absolute Gasteiger partial charge is 0.573 e. The highest BCUT2D eigenvalue weighted by molar-refractivity contribution is 7.87. The second-order valence-electron chi connectivity index (χ2n) is 17.5. The van der Waals surface area contributed by atoms with Crippen molar-refractivity contribution in [2.75, 3.05) is 27.7 Å². The molecule has 2 aromatic heterocycles. The van der Waals surface area contributed by atoms with E-state index in [9.17, 15) is 31.2 Å². The van der Waals surface area contributed by atoms with Gasteiger partial charge >= 0.3 is 16.6 Å². The Morgan fingerprint density at radius 3 is 2.56 bits per heavy atom. The van der Waals surface area contributed by atoms with E-state index in [-0.39, 0.29) is 44.1 Å². The number of benzene rings is 2. The fourth-order valence-electron chi connectivity index (χ4n) is 8.75. The van der Waals surface area contributed by atoms with E-state index in [4.69, 9.17) is 19.4 Å². The molecule has 1 N–H and O–H groups in total. The molecule has 4 aromatic rings. The molecule has 2 fully saturated rings. The van der Waals surface area contributed by atoms with E-state index in [0.29, 0.717) is 57.9 Å². The Hall–Kier alpha value is -5.07. The van der Waals surface area contributed by atoms with Crippen molar-refractivity contribution in [1.29, 1.82) is 0 Å². The number of methoxy groups -OCH3 is 1. The highest BCUT2D eigenvalue weighted by Gasteiger charge is 2.61. The number of hydrogen-bond acceptors (Lipinski definition) is 11. The molecule has 18 heteroatoms. The summed E-state index contributed by atoms with van der Waals surface area (Å²) in [5, 5.41) is 3.35. The van der Waals surface area contributed by atoms with Gasteiger partial charge in [-0.25, -0.2) is 14.7 Å². The Labute approximate surface area is 375 Å². The number of pyridine rings is 1. The molecule has 64 heavy (non-hydrogen) atoms. The maximum atomic E-state index is 15.0. The third-order valence-corrected chi connectivity index (χ3v) is 14.7. The average molecular weight is 926 g/mol. The number of ether oxygens (including phenoxy) is 3. The van der Waals surface area contributed by atoms with Crippen LogP contribution < -0.4 is 18.9 Å². The number of aryl methyl sites for hydroxylation is 1. The van der Waals surface area contributed by atoms with Crippen LogP contribution in [0.1, 0.15) is 88.0 Å². The minimum atomic E-state index is -4.90. The van der Waals surface area contributed by atoms with Crippen LogP contribution in [-0.2, 0) is 31.0 Å². The van der Waals surface area contributed by atoms with Crippen molar-refractivity contribution in [3.8, 4) is 28.0 Å². The average Bonchev–Trinajstić information content (AvgIpc) is 3.51.